The molecule has 0 radical (unpaired) electrons. The van der Waals surface area contributed by atoms with E-state index in [1.54, 1.807) is 6.20 Å². The fourth-order valence-corrected chi connectivity index (χ4v) is 2.28. The zero-order chi connectivity index (χ0) is 14.8. The number of hydrogen-bond acceptors (Lipinski definition) is 2. The van der Waals surface area contributed by atoms with E-state index in [0.717, 1.165) is 23.4 Å². The highest BCUT2D eigenvalue weighted by molar-refractivity contribution is 6.03. The van der Waals surface area contributed by atoms with E-state index in [-0.39, 0.29) is 5.91 Å². The van der Waals surface area contributed by atoms with Crippen LogP contribution >= 0.6 is 0 Å². The molecular formula is C17H17N3O. The lowest BCUT2D eigenvalue weighted by molar-refractivity contribution is 0.102. The SMILES string of the molecule is CCc1ccc(NC(=O)c2cn3c(C)cccc3n2)cc1. The highest BCUT2D eigenvalue weighted by atomic mass is 16.1. The summed E-state index contributed by atoms with van der Waals surface area (Å²) in [5.74, 6) is -0.192. The van der Waals surface area contributed by atoms with E-state index in [1.165, 1.54) is 5.56 Å². The number of rotatable bonds is 3. The number of nitrogens with zero attached hydrogens (tertiary/aromatic N) is 2. The average Bonchev–Trinajstić information content (AvgIpc) is 2.94. The zero-order valence-corrected chi connectivity index (χ0v) is 12.1. The predicted molar refractivity (Wildman–Crippen MR) is 83.7 cm³/mol. The van der Waals surface area contributed by atoms with Gasteiger partial charge in [-0.2, -0.15) is 0 Å². The third-order valence-corrected chi connectivity index (χ3v) is 3.55. The van der Waals surface area contributed by atoms with Crippen LogP contribution in [0.2, 0.25) is 0 Å². The van der Waals surface area contributed by atoms with Crippen LogP contribution in [0.1, 0.15) is 28.7 Å². The Morgan fingerprint density at radius 2 is 1.95 bits per heavy atom. The first kappa shape index (κ1) is 13.4. The molecule has 1 aromatic carbocycles. The molecule has 0 bridgehead atoms. The molecule has 21 heavy (non-hydrogen) atoms. The van der Waals surface area contributed by atoms with Gasteiger partial charge in [0, 0.05) is 17.6 Å². The van der Waals surface area contributed by atoms with Crippen molar-refractivity contribution in [3.63, 3.8) is 0 Å². The van der Waals surface area contributed by atoms with Crippen LogP contribution < -0.4 is 5.32 Å². The van der Waals surface area contributed by atoms with Gasteiger partial charge in [0.25, 0.3) is 5.91 Å². The van der Waals surface area contributed by atoms with Crippen molar-refractivity contribution in [1.82, 2.24) is 9.38 Å². The summed E-state index contributed by atoms with van der Waals surface area (Å²) in [6.45, 7) is 4.09. The first-order chi connectivity index (χ1) is 10.2. The molecule has 0 aliphatic heterocycles. The zero-order valence-electron chi connectivity index (χ0n) is 12.1. The predicted octanol–water partition coefficient (Wildman–Crippen LogP) is 3.46. The van der Waals surface area contributed by atoms with Crippen molar-refractivity contribution in [3.05, 3.63) is 65.6 Å². The number of amides is 1. The summed E-state index contributed by atoms with van der Waals surface area (Å²) in [5, 5.41) is 2.88. The lowest BCUT2D eigenvalue weighted by Crippen LogP contribution is -2.12. The van der Waals surface area contributed by atoms with Crippen LogP contribution in [-0.2, 0) is 6.42 Å². The van der Waals surface area contributed by atoms with Gasteiger partial charge < -0.3 is 9.72 Å². The van der Waals surface area contributed by atoms with E-state index >= 15 is 0 Å². The molecule has 0 aliphatic rings. The molecule has 106 valence electrons. The molecule has 4 heteroatoms. The van der Waals surface area contributed by atoms with Gasteiger partial charge in [-0.05, 0) is 43.2 Å². The minimum Gasteiger partial charge on any atom is -0.321 e. The number of pyridine rings is 1. The first-order valence-electron chi connectivity index (χ1n) is 7.02. The van der Waals surface area contributed by atoms with Crippen molar-refractivity contribution < 1.29 is 4.79 Å². The van der Waals surface area contributed by atoms with Gasteiger partial charge in [0.1, 0.15) is 11.3 Å². The van der Waals surface area contributed by atoms with Crippen molar-refractivity contribution >= 4 is 17.2 Å². The maximum atomic E-state index is 12.3. The Labute approximate surface area is 123 Å². The van der Waals surface area contributed by atoms with Crippen LogP contribution in [0, 0.1) is 6.92 Å². The van der Waals surface area contributed by atoms with E-state index in [4.69, 9.17) is 0 Å². The summed E-state index contributed by atoms with van der Waals surface area (Å²) in [4.78, 5) is 16.6. The van der Waals surface area contributed by atoms with Crippen LogP contribution in [0.5, 0.6) is 0 Å². The van der Waals surface area contributed by atoms with Crippen LogP contribution in [0.15, 0.2) is 48.7 Å². The van der Waals surface area contributed by atoms with Gasteiger partial charge in [-0.25, -0.2) is 4.98 Å². The summed E-state index contributed by atoms with van der Waals surface area (Å²) in [7, 11) is 0. The Balaban J connectivity index is 1.84. The third-order valence-electron chi connectivity index (χ3n) is 3.55. The van der Waals surface area contributed by atoms with Gasteiger partial charge in [-0.1, -0.05) is 25.1 Å². The lowest BCUT2D eigenvalue weighted by Gasteiger charge is -2.03. The number of carbonyl (C=O) groups is 1. The van der Waals surface area contributed by atoms with Crippen molar-refractivity contribution in [3.8, 4) is 0 Å². The largest absolute Gasteiger partial charge is 0.321 e. The van der Waals surface area contributed by atoms with Gasteiger partial charge in [0.05, 0.1) is 0 Å². The van der Waals surface area contributed by atoms with Crippen molar-refractivity contribution in [2.75, 3.05) is 5.32 Å². The molecule has 3 aromatic rings. The van der Waals surface area contributed by atoms with Crippen molar-refractivity contribution in [2.45, 2.75) is 20.3 Å². The molecule has 4 nitrogen and oxygen atoms in total. The molecule has 1 N–H and O–H groups in total. The van der Waals surface area contributed by atoms with Gasteiger partial charge in [-0.3, -0.25) is 4.79 Å². The second kappa shape index (κ2) is 5.40. The number of carbonyl (C=O) groups excluding carboxylic acids is 1. The highest BCUT2D eigenvalue weighted by Crippen LogP contribution is 2.13. The Morgan fingerprint density at radius 3 is 2.62 bits per heavy atom. The van der Waals surface area contributed by atoms with E-state index in [0.29, 0.717) is 5.69 Å². The van der Waals surface area contributed by atoms with Gasteiger partial charge in [0.15, 0.2) is 0 Å². The highest BCUT2D eigenvalue weighted by Gasteiger charge is 2.11. The minimum absolute atomic E-state index is 0.192. The average molecular weight is 279 g/mol. The second-order valence-electron chi connectivity index (χ2n) is 5.03. The standard InChI is InChI=1S/C17H17N3O/c1-3-13-7-9-14(10-8-13)18-17(21)15-11-20-12(2)5-4-6-16(20)19-15/h4-11H,3H2,1-2H3,(H,18,21). The number of benzene rings is 1. The summed E-state index contributed by atoms with van der Waals surface area (Å²) >= 11 is 0. The molecule has 0 spiro atoms. The molecule has 3 rings (SSSR count). The molecule has 2 aromatic heterocycles. The Kier molecular flexibility index (Phi) is 3.44. The topological polar surface area (TPSA) is 46.4 Å². The smallest absolute Gasteiger partial charge is 0.275 e. The molecule has 1 amide bonds. The molecular weight excluding hydrogens is 262 g/mol. The summed E-state index contributed by atoms with van der Waals surface area (Å²) in [5.41, 5.74) is 4.28. The normalized spacial score (nSPS) is 10.8. The van der Waals surface area contributed by atoms with Crippen LogP contribution in [0.25, 0.3) is 5.65 Å². The maximum absolute atomic E-state index is 12.3. The Morgan fingerprint density at radius 1 is 1.19 bits per heavy atom. The van der Waals surface area contributed by atoms with Gasteiger partial charge in [-0.15, -0.1) is 0 Å². The number of anilines is 1. The monoisotopic (exact) mass is 279 g/mol. The number of imidazole rings is 1. The quantitative estimate of drug-likeness (QED) is 0.798. The van der Waals surface area contributed by atoms with Crippen molar-refractivity contribution in [2.24, 2.45) is 0 Å². The molecule has 0 unspecified atom stereocenters. The Bertz CT molecular complexity index is 787. The van der Waals surface area contributed by atoms with Crippen LogP contribution in [0.4, 0.5) is 5.69 Å². The second-order valence-corrected chi connectivity index (χ2v) is 5.03. The van der Waals surface area contributed by atoms with Gasteiger partial charge in [0.2, 0.25) is 0 Å². The molecule has 0 saturated carbocycles. The third kappa shape index (κ3) is 2.65. The number of nitrogens with one attached hydrogen (secondary N) is 1. The molecule has 0 fully saturated rings. The molecule has 0 saturated heterocycles. The molecule has 0 aliphatic carbocycles. The fourth-order valence-electron chi connectivity index (χ4n) is 2.28. The lowest BCUT2D eigenvalue weighted by atomic mass is 10.1. The fraction of sp³-hybridized carbons (Fsp3) is 0.176. The number of aryl methyl sites for hydroxylation is 2. The molecule has 0 atom stereocenters. The van der Waals surface area contributed by atoms with Crippen LogP contribution in [-0.4, -0.2) is 15.3 Å². The Hall–Kier alpha value is -2.62. The molecule has 2 heterocycles. The number of fused-ring (bicyclic) bond motifs is 1. The van der Waals surface area contributed by atoms with E-state index < -0.39 is 0 Å². The summed E-state index contributed by atoms with van der Waals surface area (Å²) in [6, 6.07) is 13.7. The summed E-state index contributed by atoms with van der Waals surface area (Å²) < 4.78 is 1.91. The van der Waals surface area contributed by atoms with E-state index in [2.05, 4.69) is 17.2 Å². The van der Waals surface area contributed by atoms with Crippen molar-refractivity contribution in [1.29, 1.82) is 0 Å². The minimum atomic E-state index is -0.192. The van der Waals surface area contributed by atoms with Crippen LogP contribution in [0.3, 0.4) is 0 Å². The summed E-state index contributed by atoms with van der Waals surface area (Å²) in [6.07, 6.45) is 2.75. The van der Waals surface area contributed by atoms with E-state index in [9.17, 15) is 4.79 Å². The number of hydrogen-bond donors (Lipinski definition) is 1. The number of aromatic nitrogens is 2. The first-order valence-corrected chi connectivity index (χ1v) is 7.02. The maximum Gasteiger partial charge on any atom is 0.275 e. The van der Waals surface area contributed by atoms with Gasteiger partial charge >= 0.3 is 0 Å². The van der Waals surface area contributed by atoms with E-state index in [1.807, 2.05) is 53.8 Å².